The molecule has 1 aromatic carbocycles. The second-order valence-corrected chi connectivity index (χ2v) is 10.5. The number of nitrogens with one attached hydrogen (secondary N) is 1. The number of hydrogen-bond donors (Lipinski definition) is 1. The van der Waals surface area contributed by atoms with Gasteiger partial charge in [-0.05, 0) is 37.3 Å². The second-order valence-electron chi connectivity index (χ2n) is 7.51. The Kier molecular flexibility index (Phi) is 6.63. The predicted octanol–water partition coefficient (Wildman–Crippen LogP) is 2.78. The molecule has 0 radical (unpaired) electrons. The van der Waals surface area contributed by atoms with Crippen molar-refractivity contribution in [1.29, 1.82) is 0 Å². The lowest BCUT2D eigenvalue weighted by atomic mass is 9.95. The molecule has 1 atom stereocenters. The summed E-state index contributed by atoms with van der Waals surface area (Å²) in [6.45, 7) is 1.67. The molecular formula is C20H21N3O7S2. The van der Waals surface area contributed by atoms with Crippen LogP contribution in [0.25, 0.3) is 0 Å². The van der Waals surface area contributed by atoms with E-state index in [-0.39, 0.29) is 28.2 Å². The van der Waals surface area contributed by atoms with E-state index in [2.05, 4.69) is 4.98 Å². The number of rotatable bonds is 6. The van der Waals surface area contributed by atoms with Crippen LogP contribution in [0.2, 0.25) is 0 Å². The van der Waals surface area contributed by atoms with Crippen LogP contribution in [-0.2, 0) is 14.8 Å². The topological polar surface area (TPSA) is 138 Å². The highest BCUT2D eigenvalue weighted by Gasteiger charge is 2.34. The molecule has 0 bridgehead atoms. The van der Waals surface area contributed by atoms with Gasteiger partial charge in [-0.2, -0.15) is 13.4 Å². The Hall–Kier alpha value is -2.70. The molecule has 12 heteroatoms. The Morgan fingerprint density at radius 2 is 1.97 bits per heavy atom. The van der Waals surface area contributed by atoms with Crippen LogP contribution < -0.4 is 9.46 Å². The van der Waals surface area contributed by atoms with Gasteiger partial charge in [0.15, 0.2) is 5.03 Å². The van der Waals surface area contributed by atoms with Crippen molar-refractivity contribution >= 4 is 33.4 Å². The van der Waals surface area contributed by atoms with Crippen molar-refractivity contribution in [2.24, 2.45) is 5.92 Å². The van der Waals surface area contributed by atoms with Crippen LogP contribution in [0.1, 0.15) is 29.6 Å². The van der Waals surface area contributed by atoms with Gasteiger partial charge < -0.3 is 9.47 Å². The van der Waals surface area contributed by atoms with Gasteiger partial charge in [-0.1, -0.05) is 18.2 Å². The van der Waals surface area contributed by atoms with E-state index < -0.39 is 31.6 Å². The van der Waals surface area contributed by atoms with Crippen LogP contribution in [0.5, 0.6) is 5.88 Å². The Bertz CT molecular complexity index is 1120. The van der Waals surface area contributed by atoms with Gasteiger partial charge in [0.05, 0.1) is 11.0 Å². The SMILES string of the molecule is O=C(NS(=O)(=O)c1cc([N+](=O)[O-])c2c(n1)OC[C@H](CC1CCOCC1)S2)c1ccccc1. The fourth-order valence-electron chi connectivity index (χ4n) is 3.62. The summed E-state index contributed by atoms with van der Waals surface area (Å²) >= 11 is 1.28. The molecule has 170 valence electrons. The van der Waals surface area contributed by atoms with E-state index in [4.69, 9.17) is 9.47 Å². The second kappa shape index (κ2) is 9.43. The largest absolute Gasteiger partial charge is 0.475 e. The third kappa shape index (κ3) is 5.03. The van der Waals surface area contributed by atoms with Gasteiger partial charge in [-0.15, -0.1) is 11.8 Å². The zero-order valence-electron chi connectivity index (χ0n) is 16.9. The molecule has 1 fully saturated rings. The van der Waals surface area contributed by atoms with E-state index >= 15 is 0 Å². The molecule has 32 heavy (non-hydrogen) atoms. The highest BCUT2D eigenvalue weighted by Crippen LogP contribution is 2.45. The molecule has 0 saturated carbocycles. The lowest BCUT2D eigenvalue weighted by Gasteiger charge is -2.29. The standard InChI is InChI=1S/C20H21N3O7S2/c24-19(14-4-2-1-3-5-14)22-32(27,28)17-11-16(23(25)26)18-20(21-17)30-12-15(31-18)10-13-6-8-29-9-7-13/h1-5,11,13,15H,6-10,12H2,(H,22,24)/t15-/m0/s1. The van der Waals surface area contributed by atoms with Crippen molar-refractivity contribution in [3.8, 4) is 5.88 Å². The van der Waals surface area contributed by atoms with Crippen molar-refractivity contribution in [2.75, 3.05) is 19.8 Å². The third-order valence-electron chi connectivity index (χ3n) is 5.26. The van der Waals surface area contributed by atoms with Gasteiger partial charge in [0.2, 0.25) is 5.88 Å². The number of sulfonamides is 1. The smallest absolute Gasteiger partial charge is 0.291 e. The number of carbonyl (C=O) groups excluding carboxylic acids is 1. The number of benzene rings is 1. The molecule has 10 nitrogen and oxygen atoms in total. The first-order chi connectivity index (χ1) is 15.3. The number of carbonyl (C=O) groups is 1. The molecule has 2 aliphatic rings. The fraction of sp³-hybridized carbons (Fsp3) is 0.400. The maximum Gasteiger partial charge on any atom is 0.291 e. The van der Waals surface area contributed by atoms with Gasteiger partial charge in [0.1, 0.15) is 11.5 Å². The van der Waals surface area contributed by atoms with Gasteiger partial charge in [0.25, 0.3) is 21.6 Å². The summed E-state index contributed by atoms with van der Waals surface area (Å²) in [4.78, 5) is 27.5. The number of aromatic nitrogens is 1. The average Bonchev–Trinajstić information content (AvgIpc) is 2.79. The first kappa shape index (κ1) is 22.5. The lowest BCUT2D eigenvalue weighted by Crippen LogP contribution is -2.32. The first-order valence-corrected chi connectivity index (χ1v) is 12.4. The summed E-state index contributed by atoms with van der Waals surface area (Å²) in [5.41, 5.74) is -0.282. The van der Waals surface area contributed by atoms with Crippen LogP contribution in [0, 0.1) is 16.0 Å². The number of ether oxygens (including phenoxy) is 2. The number of nitro groups is 1. The molecule has 0 aliphatic carbocycles. The molecule has 1 aromatic heterocycles. The summed E-state index contributed by atoms with van der Waals surface area (Å²) < 4.78 is 38.3. The molecule has 4 rings (SSSR count). The van der Waals surface area contributed by atoms with Crippen LogP contribution in [-0.4, -0.2) is 49.3 Å². The normalized spacial score (nSPS) is 18.9. The maximum absolute atomic E-state index is 12.7. The number of thioether (sulfide) groups is 1. The van der Waals surface area contributed by atoms with E-state index in [9.17, 15) is 23.3 Å². The minimum atomic E-state index is -4.45. The summed E-state index contributed by atoms with van der Waals surface area (Å²) in [5.74, 6) is -0.522. The van der Waals surface area contributed by atoms with E-state index in [1.54, 1.807) is 18.2 Å². The minimum absolute atomic E-state index is 0.00802. The van der Waals surface area contributed by atoms with Crippen molar-refractivity contribution in [2.45, 2.75) is 34.4 Å². The Balaban J connectivity index is 1.57. The highest BCUT2D eigenvalue weighted by molar-refractivity contribution is 8.00. The van der Waals surface area contributed by atoms with E-state index in [0.29, 0.717) is 19.1 Å². The zero-order valence-corrected chi connectivity index (χ0v) is 18.6. The quantitative estimate of drug-likeness (QED) is 0.489. The Morgan fingerprint density at radius 1 is 1.25 bits per heavy atom. The summed E-state index contributed by atoms with van der Waals surface area (Å²) in [7, 11) is -4.45. The molecule has 1 amide bonds. The van der Waals surface area contributed by atoms with E-state index in [1.165, 1.54) is 23.9 Å². The first-order valence-electron chi connectivity index (χ1n) is 10.0. The van der Waals surface area contributed by atoms with Crippen LogP contribution >= 0.6 is 11.8 Å². The van der Waals surface area contributed by atoms with Gasteiger partial charge in [0, 0.05) is 24.0 Å². The molecular weight excluding hydrogens is 458 g/mol. The fourth-order valence-corrected chi connectivity index (χ4v) is 5.86. The Morgan fingerprint density at radius 3 is 2.66 bits per heavy atom. The minimum Gasteiger partial charge on any atom is -0.475 e. The van der Waals surface area contributed by atoms with Gasteiger partial charge in [-0.25, -0.2) is 4.72 Å². The van der Waals surface area contributed by atoms with Crippen molar-refractivity contribution < 1.29 is 27.6 Å². The number of amides is 1. The van der Waals surface area contributed by atoms with Crippen LogP contribution in [0.3, 0.4) is 0 Å². The molecule has 1 N–H and O–H groups in total. The van der Waals surface area contributed by atoms with Crippen LogP contribution in [0.4, 0.5) is 5.69 Å². The van der Waals surface area contributed by atoms with Crippen molar-refractivity contribution in [1.82, 2.24) is 9.71 Å². The molecule has 1 saturated heterocycles. The highest BCUT2D eigenvalue weighted by atomic mass is 32.2. The monoisotopic (exact) mass is 479 g/mol. The molecule has 2 aliphatic heterocycles. The molecule has 0 spiro atoms. The van der Waals surface area contributed by atoms with E-state index in [0.717, 1.165) is 25.3 Å². The van der Waals surface area contributed by atoms with E-state index in [1.807, 2.05) is 4.72 Å². The van der Waals surface area contributed by atoms with Gasteiger partial charge in [-0.3, -0.25) is 14.9 Å². The summed E-state index contributed by atoms with van der Waals surface area (Å²) in [6.07, 6.45) is 2.68. The number of nitrogens with zero attached hydrogens (tertiary/aromatic N) is 2. The molecule has 3 heterocycles. The van der Waals surface area contributed by atoms with Crippen molar-refractivity contribution in [3.05, 3.63) is 52.1 Å². The summed E-state index contributed by atoms with van der Waals surface area (Å²) in [6, 6.07) is 8.63. The molecule has 0 unspecified atom stereocenters. The lowest BCUT2D eigenvalue weighted by molar-refractivity contribution is -0.388. The number of pyridine rings is 1. The maximum atomic E-state index is 12.7. The predicted molar refractivity (Wildman–Crippen MR) is 115 cm³/mol. The molecule has 2 aromatic rings. The summed E-state index contributed by atoms with van der Waals surface area (Å²) in [5, 5.41) is 11.1. The number of fused-ring (bicyclic) bond motifs is 1. The Labute approximate surface area is 188 Å². The zero-order chi connectivity index (χ0) is 22.7. The van der Waals surface area contributed by atoms with Gasteiger partial charge >= 0.3 is 0 Å². The van der Waals surface area contributed by atoms with Crippen LogP contribution in [0.15, 0.2) is 46.3 Å². The van der Waals surface area contributed by atoms with Crippen molar-refractivity contribution in [3.63, 3.8) is 0 Å². The number of hydrogen-bond acceptors (Lipinski definition) is 9. The third-order valence-corrected chi connectivity index (χ3v) is 7.76. The average molecular weight is 480 g/mol.